The second-order valence-electron chi connectivity index (χ2n) is 6.63. The quantitative estimate of drug-likeness (QED) is 0.592. The fourth-order valence-electron chi connectivity index (χ4n) is 3.28. The van der Waals surface area contributed by atoms with Gasteiger partial charge in [0.25, 0.3) is 11.6 Å². The maximum Gasteiger partial charge on any atom is 0.270 e. The number of halogens is 1. The van der Waals surface area contributed by atoms with E-state index in [0.717, 1.165) is 13.1 Å². The summed E-state index contributed by atoms with van der Waals surface area (Å²) < 4.78 is 13.6. The molecule has 1 heterocycles. The van der Waals surface area contributed by atoms with E-state index in [1.807, 2.05) is 11.0 Å². The molecule has 1 aliphatic rings. The number of nitro groups is 1. The number of carbonyl (C=O) groups excluding carboxylic acids is 1. The van der Waals surface area contributed by atoms with Crippen molar-refractivity contribution in [3.8, 4) is 6.07 Å². The number of rotatable bonds is 6. The van der Waals surface area contributed by atoms with Gasteiger partial charge in [-0.1, -0.05) is 12.1 Å². The molecule has 3 rings (SSSR count). The normalized spacial score (nSPS) is 14.3. The Balaban J connectivity index is 1.50. The van der Waals surface area contributed by atoms with Crippen LogP contribution in [0.1, 0.15) is 15.9 Å². The molecule has 0 aromatic heterocycles. The lowest BCUT2D eigenvalue weighted by molar-refractivity contribution is -0.384. The van der Waals surface area contributed by atoms with Crippen molar-refractivity contribution in [2.75, 3.05) is 44.2 Å². The fourth-order valence-corrected chi connectivity index (χ4v) is 3.28. The van der Waals surface area contributed by atoms with Crippen LogP contribution in [0.4, 0.5) is 15.8 Å². The first-order chi connectivity index (χ1) is 14.0. The number of piperazine rings is 1. The van der Waals surface area contributed by atoms with Gasteiger partial charge in [-0.25, -0.2) is 4.39 Å². The van der Waals surface area contributed by atoms with Crippen molar-refractivity contribution < 1.29 is 14.1 Å². The molecule has 1 fully saturated rings. The molecule has 1 aliphatic heterocycles. The van der Waals surface area contributed by atoms with Crippen molar-refractivity contribution in [3.05, 3.63) is 69.5 Å². The highest BCUT2D eigenvalue weighted by Gasteiger charge is 2.21. The van der Waals surface area contributed by atoms with E-state index in [2.05, 4.69) is 10.2 Å². The van der Waals surface area contributed by atoms with Gasteiger partial charge in [0.1, 0.15) is 11.9 Å². The minimum Gasteiger partial charge on any atom is -0.368 e. The first-order valence-electron chi connectivity index (χ1n) is 9.18. The molecule has 1 N–H and O–H groups in total. The largest absolute Gasteiger partial charge is 0.368 e. The topological polar surface area (TPSA) is 103 Å². The molecule has 0 saturated carbocycles. The second kappa shape index (κ2) is 9.12. The van der Waals surface area contributed by atoms with Crippen molar-refractivity contribution in [3.63, 3.8) is 0 Å². The summed E-state index contributed by atoms with van der Waals surface area (Å²) in [5.41, 5.74) is 0.893. The maximum atomic E-state index is 13.6. The van der Waals surface area contributed by atoms with Crippen LogP contribution in [0.15, 0.2) is 42.5 Å². The van der Waals surface area contributed by atoms with E-state index >= 15 is 0 Å². The Morgan fingerprint density at radius 1 is 1.21 bits per heavy atom. The van der Waals surface area contributed by atoms with Crippen LogP contribution in [0.25, 0.3) is 0 Å². The Bertz CT molecular complexity index is 951. The molecule has 29 heavy (non-hydrogen) atoms. The third-order valence-corrected chi connectivity index (χ3v) is 4.86. The molecule has 0 aliphatic carbocycles. The summed E-state index contributed by atoms with van der Waals surface area (Å²) in [6.45, 7) is 3.78. The molecule has 1 saturated heterocycles. The van der Waals surface area contributed by atoms with Crippen LogP contribution in [0.2, 0.25) is 0 Å². The van der Waals surface area contributed by atoms with Crippen LogP contribution < -0.4 is 10.2 Å². The zero-order chi connectivity index (χ0) is 20.8. The van der Waals surface area contributed by atoms with Gasteiger partial charge in [0.2, 0.25) is 0 Å². The fraction of sp³-hybridized carbons (Fsp3) is 0.300. The molecule has 0 atom stereocenters. The Morgan fingerprint density at radius 2 is 1.93 bits per heavy atom. The van der Waals surface area contributed by atoms with Gasteiger partial charge in [0.05, 0.1) is 21.7 Å². The molecular weight excluding hydrogens is 377 g/mol. The molecule has 2 aromatic carbocycles. The zero-order valence-electron chi connectivity index (χ0n) is 15.7. The summed E-state index contributed by atoms with van der Waals surface area (Å²) in [6.07, 6.45) is 0. The molecule has 0 bridgehead atoms. The minimum atomic E-state index is -0.546. The molecule has 0 spiro atoms. The van der Waals surface area contributed by atoms with Crippen molar-refractivity contribution in [1.29, 1.82) is 5.26 Å². The summed E-state index contributed by atoms with van der Waals surface area (Å²) in [4.78, 5) is 26.6. The number of benzene rings is 2. The van der Waals surface area contributed by atoms with Crippen LogP contribution in [-0.4, -0.2) is 55.0 Å². The highest BCUT2D eigenvalue weighted by molar-refractivity contribution is 5.94. The lowest BCUT2D eigenvalue weighted by Gasteiger charge is -2.36. The Labute approximate surface area is 167 Å². The van der Waals surface area contributed by atoms with Crippen LogP contribution in [0.5, 0.6) is 0 Å². The monoisotopic (exact) mass is 397 g/mol. The predicted molar refractivity (Wildman–Crippen MR) is 105 cm³/mol. The Hall–Kier alpha value is -3.51. The molecule has 2 aromatic rings. The van der Waals surface area contributed by atoms with Crippen molar-refractivity contribution >= 4 is 17.3 Å². The summed E-state index contributed by atoms with van der Waals surface area (Å²) in [5.74, 6) is -0.985. The number of amides is 1. The number of non-ortho nitro benzene ring substituents is 1. The predicted octanol–water partition coefficient (Wildman–Crippen LogP) is 2.16. The van der Waals surface area contributed by atoms with Gasteiger partial charge in [-0.2, -0.15) is 5.26 Å². The summed E-state index contributed by atoms with van der Waals surface area (Å²) in [6, 6.07) is 12.2. The van der Waals surface area contributed by atoms with Gasteiger partial charge in [-0.3, -0.25) is 19.8 Å². The van der Waals surface area contributed by atoms with E-state index in [0.29, 0.717) is 31.9 Å². The third-order valence-electron chi connectivity index (χ3n) is 4.86. The Morgan fingerprint density at radius 3 is 2.59 bits per heavy atom. The molecule has 9 heteroatoms. The number of nitrogens with zero attached hydrogens (tertiary/aromatic N) is 4. The molecular formula is C20H20FN5O3. The van der Waals surface area contributed by atoms with Gasteiger partial charge < -0.3 is 10.2 Å². The first kappa shape index (κ1) is 20.2. The highest BCUT2D eigenvalue weighted by atomic mass is 19.1. The van der Waals surface area contributed by atoms with Crippen LogP contribution in [0.3, 0.4) is 0 Å². The average Bonchev–Trinajstić information content (AvgIpc) is 2.74. The summed E-state index contributed by atoms with van der Waals surface area (Å²) in [7, 11) is 0. The van der Waals surface area contributed by atoms with Gasteiger partial charge in [-0.15, -0.1) is 0 Å². The summed E-state index contributed by atoms with van der Waals surface area (Å²) in [5, 5.41) is 22.9. The van der Waals surface area contributed by atoms with Crippen molar-refractivity contribution in [1.82, 2.24) is 10.2 Å². The van der Waals surface area contributed by atoms with E-state index in [4.69, 9.17) is 0 Å². The number of nitro benzene ring substituents is 1. The van der Waals surface area contributed by atoms with Gasteiger partial charge >= 0.3 is 0 Å². The molecule has 150 valence electrons. The molecule has 1 amide bonds. The average molecular weight is 397 g/mol. The van der Waals surface area contributed by atoms with Crippen molar-refractivity contribution in [2.45, 2.75) is 0 Å². The van der Waals surface area contributed by atoms with Gasteiger partial charge in [0.15, 0.2) is 0 Å². The minimum absolute atomic E-state index is 0.0273. The Kier molecular flexibility index (Phi) is 6.36. The third kappa shape index (κ3) is 4.86. The lowest BCUT2D eigenvalue weighted by atomic mass is 10.1. The van der Waals surface area contributed by atoms with E-state index in [-0.39, 0.29) is 16.8 Å². The van der Waals surface area contributed by atoms with Gasteiger partial charge in [-0.05, 0) is 18.2 Å². The number of anilines is 1. The van der Waals surface area contributed by atoms with E-state index in [1.54, 1.807) is 12.1 Å². The molecule has 0 radical (unpaired) electrons. The number of nitrogens with one attached hydrogen (secondary N) is 1. The standard InChI is InChI=1S/C20H20FN5O3/c21-18-4-2-1-3-17(18)20(27)23-7-8-24-9-11-25(12-10-24)19-6-5-16(26(28)29)13-15(19)14-22/h1-6,13H,7-12H2,(H,23,27). The zero-order valence-corrected chi connectivity index (χ0v) is 15.7. The van der Waals surface area contributed by atoms with Crippen LogP contribution in [-0.2, 0) is 0 Å². The second-order valence-corrected chi connectivity index (χ2v) is 6.63. The smallest absolute Gasteiger partial charge is 0.270 e. The van der Waals surface area contributed by atoms with E-state index in [1.165, 1.54) is 30.3 Å². The van der Waals surface area contributed by atoms with Crippen LogP contribution >= 0.6 is 0 Å². The SMILES string of the molecule is N#Cc1cc([N+](=O)[O-])ccc1N1CCN(CCNC(=O)c2ccccc2F)CC1. The number of hydrogen-bond donors (Lipinski definition) is 1. The first-order valence-corrected chi connectivity index (χ1v) is 9.18. The summed E-state index contributed by atoms with van der Waals surface area (Å²) >= 11 is 0. The lowest BCUT2D eigenvalue weighted by Crippen LogP contribution is -2.48. The van der Waals surface area contributed by atoms with Crippen molar-refractivity contribution in [2.24, 2.45) is 0 Å². The molecule has 8 nitrogen and oxygen atoms in total. The number of carbonyl (C=O) groups is 1. The highest BCUT2D eigenvalue weighted by Crippen LogP contribution is 2.25. The number of nitriles is 1. The molecule has 0 unspecified atom stereocenters. The van der Waals surface area contributed by atoms with Crippen LogP contribution in [0, 0.1) is 27.3 Å². The van der Waals surface area contributed by atoms with Gasteiger partial charge in [0, 0.05) is 51.4 Å². The van der Waals surface area contributed by atoms with E-state index in [9.17, 15) is 24.6 Å². The maximum absolute atomic E-state index is 13.6. The van der Waals surface area contributed by atoms with E-state index < -0.39 is 16.6 Å². The number of hydrogen-bond acceptors (Lipinski definition) is 6.